The van der Waals surface area contributed by atoms with Gasteiger partial charge in [0.15, 0.2) is 6.29 Å². The van der Waals surface area contributed by atoms with Crippen LogP contribution in [0.4, 0.5) is 0 Å². The Morgan fingerprint density at radius 1 is 0.402 bits per heavy atom. The fourth-order valence-electron chi connectivity index (χ4n) is 12.7. The standard InChI is InChI=1S/C76H147NO10/c1-3-5-7-9-11-13-15-17-19-21-23-25-27-29-31-33-34-35-36-38-39-41-43-45-47-49-51-53-55-57-59-61-63-68(79)71(81)67(66-86-76-74(84)73(83)72(82)70(65-78)87-76)77-75(85)69(80)64-62-60-58-56-54-52-50-48-46-44-42-40-37-32-30-28-26-24-22-20-18-16-14-12-10-8-6-4-2/h24,26,30,32,67-74,76,78-84H,3-23,25,27-29,31,33-66H2,1-2H3,(H,77,85)/b26-24-,32-30-. The molecule has 1 amide bonds. The highest BCUT2D eigenvalue weighted by Crippen LogP contribution is 2.24. The van der Waals surface area contributed by atoms with Gasteiger partial charge in [-0.15, -0.1) is 0 Å². The van der Waals surface area contributed by atoms with Crippen LogP contribution in [0, 0.1) is 0 Å². The molecule has 1 aliphatic heterocycles. The lowest BCUT2D eigenvalue weighted by molar-refractivity contribution is -0.303. The first-order chi connectivity index (χ1) is 42.7. The molecule has 516 valence electrons. The molecule has 1 saturated heterocycles. The minimum atomic E-state index is -1.66. The molecular weight excluding hydrogens is 1090 g/mol. The van der Waals surface area contributed by atoms with Crippen LogP contribution in [0.3, 0.4) is 0 Å². The minimum Gasteiger partial charge on any atom is -0.394 e. The number of amides is 1. The van der Waals surface area contributed by atoms with Crippen LogP contribution in [0.1, 0.15) is 386 Å². The van der Waals surface area contributed by atoms with Gasteiger partial charge in [-0.3, -0.25) is 4.79 Å². The lowest BCUT2D eigenvalue weighted by Gasteiger charge is -2.40. The fraction of sp³-hybridized carbons (Fsp3) is 0.934. The number of unbranched alkanes of at least 4 members (excludes halogenated alkanes) is 52. The second-order valence-corrected chi connectivity index (χ2v) is 27.1. The molecule has 0 aliphatic carbocycles. The lowest BCUT2D eigenvalue weighted by Crippen LogP contribution is -2.60. The molecule has 87 heavy (non-hydrogen) atoms. The summed E-state index contributed by atoms with van der Waals surface area (Å²) in [5.41, 5.74) is 0. The first-order valence-electron chi connectivity index (χ1n) is 38.2. The van der Waals surface area contributed by atoms with Crippen molar-refractivity contribution in [3.8, 4) is 0 Å². The normalized spacial score (nSPS) is 18.7. The van der Waals surface area contributed by atoms with E-state index in [4.69, 9.17) is 9.47 Å². The van der Waals surface area contributed by atoms with Crippen molar-refractivity contribution in [1.82, 2.24) is 5.32 Å². The molecule has 11 heteroatoms. The third kappa shape index (κ3) is 51.8. The first kappa shape index (κ1) is 83.6. The Morgan fingerprint density at radius 2 is 0.701 bits per heavy atom. The van der Waals surface area contributed by atoms with E-state index in [-0.39, 0.29) is 6.42 Å². The summed E-state index contributed by atoms with van der Waals surface area (Å²) in [6, 6.07) is -1.17. The van der Waals surface area contributed by atoms with E-state index in [1.807, 2.05) is 0 Å². The lowest BCUT2D eigenvalue weighted by atomic mass is 9.98. The maximum absolute atomic E-state index is 13.3. The van der Waals surface area contributed by atoms with Crippen molar-refractivity contribution >= 4 is 5.91 Å². The van der Waals surface area contributed by atoms with E-state index in [2.05, 4.69) is 43.5 Å². The number of ether oxygens (including phenoxy) is 2. The van der Waals surface area contributed by atoms with Crippen LogP contribution in [0.5, 0.6) is 0 Å². The molecule has 0 aromatic carbocycles. The number of rotatable bonds is 68. The Bertz CT molecular complexity index is 1460. The van der Waals surface area contributed by atoms with E-state index < -0.39 is 74.2 Å². The van der Waals surface area contributed by atoms with E-state index in [0.29, 0.717) is 19.3 Å². The SMILES string of the molecule is CCCCCCCCCCC/C=C\C/C=C\CCCCCCCCCCCCCCC(O)C(=O)NC(COC1OC(CO)C(O)C(O)C1O)C(O)C(O)CCCCCCCCCCCCCCCCCCCCCCCCCCCCCCCCCC. The molecule has 1 heterocycles. The van der Waals surface area contributed by atoms with Gasteiger partial charge in [0.05, 0.1) is 25.4 Å². The molecule has 9 atom stereocenters. The molecule has 0 aromatic rings. The Balaban J connectivity index is 2.16. The number of allylic oxidation sites excluding steroid dienone is 4. The van der Waals surface area contributed by atoms with E-state index in [1.165, 1.54) is 302 Å². The van der Waals surface area contributed by atoms with Gasteiger partial charge in [0, 0.05) is 0 Å². The highest BCUT2D eigenvalue weighted by molar-refractivity contribution is 5.80. The molecule has 1 fully saturated rings. The van der Waals surface area contributed by atoms with Crippen molar-refractivity contribution in [2.75, 3.05) is 13.2 Å². The quantitative estimate of drug-likeness (QED) is 0.0215. The zero-order chi connectivity index (χ0) is 63.1. The Labute approximate surface area is 537 Å². The van der Waals surface area contributed by atoms with E-state index in [0.717, 1.165) is 44.9 Å². The van der Waals surface area contributed by atoms with Gasteiger partial charge in [-0.2, -0.15) is 0 Å². The van der Waals surface area contributed by atoms with Gasteiger partial charge >= 0.3 is 0 Å². The molecule has 0 radical (unpaired) electrons. The minimum absolute atomic E-state index is 0.261. The van der Waals surface area contributed by atoms with E-state index in [9.17, 15) is 40.5 Å². The Morgan fingerprint density at radius 3 is 1.02 bits per heavy atom. The highest BCUT2D eigenvalue weighted by Gasteiger charge is 2.44. The zero-order valence-corrected chi connectivity index (χ0v) is 57.3. The van der Waals surface area contributed by atoms with E-state index in [1.54, 1.807) is 0 Å². The Kier molecular flexibility index (Phi) is 62.2. The summed E-state index contributed by atoms with van der Waals surface area (Å²) in [6.07, 6.45) is 71.3. The second-order valence-electron chi connectivity index (χ2n) is 27.1. The number of aliphatic hydroxyl groups excluding tert-OH is 7. The van der Waals surface area contributed by atoms with Crippen molar-refractivity contribution in [1.29, 1.82) is 0 Å². The molecule has 1 rings (SSSR count). The van der Waals surface area contributed by atoms with Crippen LogP contribution in [-0.2, 0) is 14.3 Å². The summed E-state index contributed by atoms with van der Waals surface area (Å²) < 4.78 is 11.2. The molecule has 1 aliphatic rings. The van der Waals surface area contributed by atoms with Gasteiger partial charge < -0.3 is 50.5 Å². The summed E-state index contributed by atoms with van der Waals surface area (Å²) in [7, 11) is 0. The van der Waals surface area contributed by atoms with Gasteiger partial charge in [-0.05, 0) is 44.9 Å². The zero-order valence-electron chi connectivity index (χ0n) is 57.3. The van der Waals surface area contributed by atoms with Gasteiger partial charge in [0.1, 0.15) is 36.6 Å². The summed E-state index contributed by atoms with van der Waals surface area (Å²) >= 11 is 0. The first-order valence-corrected chi connectivity index (χ1v) is 38.2. The van der Waals surface area contributed by atoms with Crippen LogP contribution in [-0.4, -0.2) is 110 Å². The third-order valence-corrected chi connectivity index (χ3v) is 18.8. The average Bonchev–Trinajstić information content (AvgIpc) is 1.97. The summed E-state index contributed by atoms with van der Waals surface area (Å²) in [4.78, 5) is 13.3. The molecule has 11 nitrogen and oxygen atoms in total. The fourth-order valence-corrected chi connectivity index (χ4v) is 12.7. The average molecular weight is 1240 g/mol. The molecule has 0 bridgehead atoms. The van der Waals surface area contributed by atoms with Crippen LogP contribution < -0.4 is 5.32 Å². The monoisotopic (exact) mass is 1230 g/mol. The highest BCUT2D eigenvalue weighted by atomic mass is 16.7. The van der Waals surface area contributed by atoms with Crippen molar-refractivity contribution in [3.63, 3.8) is 0 Å². The number of aliphatic hydroxyl groups is 7. The number of hydrogen-bond acceptors (Lipinski definition) is 10. The summed E-state index contributed by atoms with van der Waals surface area (Å²) in [6.45, 7) is 3.52. The maximum atomic E-state index is 13.3. The molecule has 8 N–H and O–H groups in total. The van der Waals surface area contributed by atoms with E-state index >= 15 is 0 Å². The summed E-state index contributed by atoms with van der Waals surface area (Å²) in [5.74, 6) is -0.691. The molecule has 9 unspecified atom stereocenters. The summed E-state index contributed by atoms with van der Waals surface area (Å²) in [5, 5.41) is 76.7. The van der Waals surface area contributed by atoms with Crippen molar-refractivity contribution < 1.29 is 50.0 Å². The number of nitrogens with one attached hydrogen (secondary N) is 1. The topological polar surface area (TPSA) is 189 Å². The predicted octanol–water partition coefficient (Wildman–Crippen LogP) is 19.1. The number of carbonyl (C=O) groups excluding carboxylic acids is 1. The largest absolute Gasteiger partial charge is 0.394 e. The second kappa shape index (κ2) is 64.7. The molecule has 0 saturated carbocycles. The van der Waals surface area contributed by atoms with Crippen molar-refractivity contribution in [2.24, 2.45) is 0 Å². The van der Waals surface area contributed by atoms with Crippen molar-refractivity contribution in [3.05, 3.63) is 24.3 Å². The number of carbonyl (C=O) groups is 1. The maximum Gasteiger partial charge on any atom is 0.249 e. The third-order valence-electron chi connectivity index (χ3n) is 18.8. The predicted molar refractivity (Wildman–Crippen MR) is 367 cm³/mol. The van der Waals surface area contributed by atoms with Crippen LogP contribution >= 0.6 is 0 Å². The smallest absolute Gasteiger partial charge is 0.249 e. The van der Waals surface area contributed by atoms with Crippen LogP contribution in [0.15, 0.2) is 24.3 Å². The molecule has 0 aromatic heterocycles. The van der Waals surface area contributed by atoms with Gasteiger partial charge in [-0.1, -0.05) is 366 Å². The molecule has 0 spiro atoms. The molecular formula is C76H147NO10. The Hall–Kier alpha value is -1.41. The van der Waals surface area contributed by atoms with Gasteiger partial charge in [0.2, 0.25) is 5.91 Å². The van der Waals surface area contributed by atoms with Crippen LogP contribution in [0.2, 0.25) is 0 Å². The van der Waals surface area contributed by atoms with Gasteiger partial charge in [0.25, 0.3) is 0 Å². The van der Waals surface area contributed by atoms with Crippen molar-refractivity contribution in [2.45, 2.75) is 441 Å². The van der Waals surface area contributed by atoms with Crippen LogP contribution in [0.25, 0.3) is 0 Å². The number of hydrogen-bond donors (Lipinski definition) is 8. The van der Waals surface area contributed by atoms with Gasteiger partial charge in [-0.25, -0.2) is 0 Å².